The molecular formula is C18H28IN5. The highest BCUT2D eigenvalue weighted by Gasteiger charge is 2.20. The summed E-state index contributed by atoms with van der Waals surface area (Å²) < 4.78 is 2.30. The topological polar surface area (TPSA) is 54.2 Å². The maximum atomic E-state index is 4.65. The number of aromatic nitrogens is 2. The van der Waals surface area contributed by atoms with Crippen LogP contribution in [-0.4, -0.2) is 35.1 Å². The molecule has 1 aliphatic rings. The Morgan fingerprint density at radius 2 is 2.08 bits per heavy atom. The molecule has 0 bridgehead atoms. The Morgan fingerprint density at radius 1 is 1.29 bits per heavy atom. The maximum absolute atomic E-state index is 4.65. The molecule has 3 rings (SSSR count). The van der Waals surface area contributed by atoms with Crippen molar-refractivity contribution in [3.8, 4) is 0 Å². The molecule has 5 nitrogen and oxygen atoms in total. The van der Waals surface area contributed by atoms with Crippen molar-refractivity contribution in [1.29, 1.82) is 0 Å². The van der Waals surface area contributed by atoms with Crippen LogP contribution in [0.15, 0.2) is 29.3 Å². The number of guanidine groups is 1. The first-order chi connectivity index (χ1) is 11.3. The lowest BCUT2D eigenvalue weighted by Crippen LogP contribution is -2.38. The molecule has 0 spiro atoms. The van der Waals surface area contributed by atoms with Crippen molar-refractivity contribution in [3.05, 3.63) is 30.1 Å². The Bertz CT molecular complexity index is 675. The average Bonchev–Trinajstić information content (AvgIpc) is 3.32. The Hall–Kier alpha value is -1.31. The number of aliphatic imine (C=N–C) groups is 1. The summed E-state index contributed by atoms with van der Waals surface area (Å²) in [6, 6.07) is 8.33. The number of benzene rings is 1. The Kier molecular flexibility index (Phi) is 7.33. The molecule has 132 valence electrons. The number of hydrogen-bond acceptors (Lipinski definition) is 2. The van der Waals surface area contributed by atoms with E-state index in [0.29, 0.717) is 0 Å². The number of nitrogens with one attached hydrogen (secondary N) is 2. The van der Waals surface area contributed by atoms with Gasteiger partial charge >= 0.3 is 0 Å². The largest absolute Gasteiger partial charge is 0.357 e. The van der Waals surface area contributed by atoms with E-state index in [4.69, 9.17) is 0 Å². The van der Waals surface area contributed by atoms with E-state index in [1.165, 1.54) is 18.4 Å². The molecule has 1 aromatic heterocycles. The molecule has 6 heteroatoms. The Morgan fingerprint density at radius 3 is 2.83 bits per heavy atom. The molecule has 0 saturated heterocycles. The zero-order valence-electron chi connectivity index (χ0n) is 14.6. The molecule has 0 atom stereocenters. The number of nitrogens with zero attached hydrogens (tertiary/aromatic N) is 3. The van der Waals surface area contributed by atoms with Gasteiger partial charge < -0.3 is 15.2 Å². The fraction of sp³-hybridized carbons (Fsp3) is 0.556. The lowest BCUT2D eigenvalue weighted by molar-refractivity contribution is 0.624. The second kappa shape index (κ2) is 9.25. The first-order valence-electron chi connectivity index (χ1n) is 8.72. The summed E-state index contributed by atoms with van der Waals surface area (Å²) in [7, 11) is 0. The van der Waals surface area contributed by atoms with Gasteiger partial charge in [-0.2, -0.15) is 0 Å². The monoisotopic (exact) mass is 441 g/mol. The number of hydrogen-bond donors (Lipinski definition) is 2. The van der Waals surface area contributed by atoms with E-state index in [2.05, 4.69) is 57.2 Å². The fourth-order valence-electron chi connectivity index (χ4n) is 2.78. The van der Waals surface area contributed by atoms with Gasteiger partial charge in [-0.25, -0.2) is 4.98 Å². The van der Waals surface area contributed by atoms with Crippen molar-refractivity contribution in [1.82, 2.24) is 20.2 Å². The van der Waals surface area contributed by atoms with E-state index in [1.807, 2.05) is 6.07 Å². The number of fused-ring (bicyclic) bond motifs is 1. The molecule has 0 unspecified atom stereocenters. The van der Waals surface area contributed by atoms with Crippen molar-refractivity contribution in [3.63, 3.8) is 0 Å². The molecule has 24 heavy (non-hydrogen) atoms. The van der Waals surface area contributed by atoms with Crippen LogP contribution in [0.1, 0.15) is 32.0 Å². The number of rotatable bonds is 7. The van der Waals surface area contributed by atoms with Crippen LogP contribution in [0, 0.1) is 12.8 Å². The van der Waals surface area contributed by atoms with Gasteiger partial charge in [0.25, 0.3) is 0 Å². The Labute approximate surface area is 161 Å². The SMILES string of the molecule is CCNC(=NCC1CC1)NCCCn1c(C)nc2ccccc21.I. The fourth-order valence-corrected chi connectivity index (χ4v) is 2.78. The first-order valence-corrected chi connectivity index (χ1v) is 8.72. The van der Waals surface area contributed by atoms with Crippen LogP contribution < -0.4 is 10.6 Å². The highest BCUT2D eigenvalue weighted by molar-refractivity contribution is 14.0. The van der Waals surface area contributed by atoms with Crippen LogP contribution in [0.5, 0.6) is 0 Å². The minimum Gasteiger partial charge on any atom is -0.357 e. The molecular weight excluding hydrogens is 413 g/mol. The predicted molar refractivity (Wildman–Crippen MR) is 111 cm³/mol. The van der Waals surface area contributed by atoms with Crippen molar-refractivity contribution in [2.45, 2.75) is 39.7 Å². The molecule has 0 amide bonds. The third kappa shape index (κ3) is 5.09. The van der Waals surface area contributed by atoms with Crippen LogP contribution >= 0.6 is 24.0 Å². The van der Waals surface area contributed by atoms with Gasteiger partial charge in [0.05, 0.1) is 11.0 Å². The van der Waals surface area contributed by atoms with E-state index in [9.17, 15) is 0 Å². The predicted octanol–water partition coefficient (Wildman–Crippen LogP) is 3.32. The molecule has 1 fully saturated rings. The van der Waals surface area contributed by atoms with Crippen LogP contribution in [0.3, 0.4) is 0 Å². The lowest BCUT2D eigenvalue weighted by atomic mass is 10.3. The third-order valence-corrected chi connectivity index (χ3v) is 4.25. The molecule has 2 aromatic rings. The first kappa shape index (κ1) is 19.0. The standard InChI is InChI=1S/C18H27N5.HI/c1-3-19-18(21-13-15-9-10-15)20-11-6-12-23-14(2)22-16-7-4-5-8-17(16)23;/h4-5,7-8,15H,3,6,9-13H2,1-2H3,(H2,19,20,21);1H. The second-order valence-electron chi connectivity index (χ2n) is 6.24. The summed E-state index contributed by atoms with van der Waals surface area (Å²) in [5.74, 6) is 2.86. The number of para-hydroxylation sites is 2. The highest BCUT2D eigenvalue weighted by Crippen LogP contribution is 2.28. The minimum atomic E-state index is 0. The van der Waals surface area contributed by atoms with Gasteiger partial charge in [-0.1, -0.05) is 12.1 Å². The van der Waals surface area contributed by atoms with Gasteiger partial charge in [0, 0.05) is 26.2 Å². The van der Waals surface area contributed by atoms with Crippen LogP contribution in [0.25, 0.3) is 11.0 Å². The highest BCUT2D eigenvalue weighted by atomic mass is 127. The van der Waals surface area contributed by atoms with Crippen molar-refractivity contribution in [2.24, 2.45) is 10.9 Å². The summed E-state index contributed by atoms with van der Waals surface area (Å²) in [4.78, 5) is 9.27. The van der Waals surface area contributed by atoms with E-state index in [1.54, 1.807) is 0 Å². The lowest BCUT2D eigenvalue weighted by Gasteiger charge is -2.12. The van der Waals surface area contributed by atoms with Gasteiger partial charge in [-0.05, 0) is 51.2 Å². The molecule has 1 aliphatic carbocycles. The van der Waals surface area contributed by atoms with Crippen molar-refractivity contribution < 1.29 is 0 Å². The molecule has 1 saturated carbocycles. The molecule has 0 aliphatic heterocycles. The number of halogens is 1. The van der Waals surface area contributed by atoms with E-state index in [0.717, 1.165) is 55.8 Å². The third-order valence-electron chi connectivity index (χ3n) is 4.25. The van der Waals surface area contributed by atoms with Gasteiger partial charge in [-0.15, -0.1) is 24.0 Å². The average molecular weight is 441 g/mol. The Balaban J connectivity index is 0.00000208. The summed E-state index contributed by atoms with van der Waals surface area (Å²) >= 11 is 0. The van der Waals surface area contributed by atoms with E-state index in [-0.39, 0.29) is 24.0 Å². The van der Waals surface area contributed by atoms with Crippen molar-refractivity contribution >= 4 is 41.0 Å². The normalized spacial score (nSPS) is 14.5. The molecule has 2 N–H and O–H groups in total. The van der Waals surface area contributed by atoms with Crippen LogP contribution in [-0.2, 0) is 6.54 Å². The van der Waals surface area contributed by atoms with Gasteiger partial charge in [0.1, 0.15) is 5.82 Å². The number of imidazole rings is 1. The van der Waals surface area contributed by atoms with E-state index >= 15 is 0 Å². The number of aryl methyl sites for hydroxylation is 2. The summed E-state index contributed by atoms with van der Waals surface area (Å²) in [5.41, 5.74) is 2.30. The van der Waals surface area contributed by atoms with Crippen molar-refractivity contribution in [2.75, 3.05) is 19.6 Å². The summed E-state index contributed by atoms with van der Waals surface area (Å²) in [5, 5.41) is 6.76. The zero-order valence-corrected chi connectivity index (χ0v) is 16.9. The summed E-state index contributed by atoms with van der Waals surface area (Å²) in [6.45, 7) is 7.94. The zero-order chi connectivity index (χ0) is 16.1. The quantitative estimate of drug-likeness (QED) is 0.300. The smallest absolute Gasteiger partial charge is 0.191 e. The van der Waals surface area contributed by atoms with Gasteiger partial charge in [-0.3, -0.25) is 4.99 Å². The second-order valence-corrected chi connectivity index (χ2v) is 6.24. The van der Waals surface area contributed by atoms with Gasteiger partial charge in [0.15, 0.2) is 5.96 Å². The molecule has 0 radical (unpaired) electrons. The van der Waals surface area contributed by atoms with Crippen LogP contribution in [0.4, 0.5) is 0 Å². The van der Waals surface area contributed by atoms with E-state index < -0.39 is 0 Å². The maximum Gasteiger partial charge on any atom is 0.191 e. The minimum absolute atomic E-state index is 0. The van der Waals surface area contributed by atoms with Gasteiger partial charge in [0.2, 0.25) is 0 Å². The molecule has 1 heterocycles. The van der Waals surface area contributed by atoms with Crippen LogP contribution in [0.2, 0.25) is 0 Å². The summed E-state index contributed by atoms with van der Waals surface area (Å²) in [6.07, 6.45) is 3.74. The molecule has 1 aromatic carbocycles.